The van der Waals surface area contributed by atoms with Gasteiger partial charge in [-0.05, 0) is 49.4 Å². The van der Waals surface area contributed by atoms with Crippen LogP contribution in [-0.4, -0.2) is 88.8 Å². The van der Waals surface area contributed by atoms with Crippen LogP contribution in [0.4, 0.5) is 14.6 Å². The lowest BCUT2D eigenvalue weighted by Crippen LogP contribution is -2.43. The number of halogens is 3. The molecule has 0 aliphatic carbocycles. The zero-order valence-corrected chi connectivity index (χ0v) is 25.1. The van der Waals surface area contributed by atoms with Gasteiger partial charge in [-0.1, -0.05) is 23.6 Å². The highest BCUT2D eigenvalue weighted by molar-refractivity contribution is 6.33. The van der Waals surface area contributed by atoms with Gasteiger partial charge in [0.15, 0.2) is 5.82 Å². The summed E-state index contributed by atoms with van der Waals surface area (Å²) in [6.45, 7) is 3.18. The van der Waals surface area contributed by atoms with Gasteiger partial charge >= 0.3 is 6.01 Å². The second kappa shape index (κ2) is 10.8. The smallest absolute Gasteiger partial charge is 0.319 e. The number of aromatic hydroxyl groups is 1. The molecule has 232 valence electrons. The third-order valence-electron chi connectivity index (χ3n) is 9.52. The van der Waals surface area contributed by atoms with Gasteiger partial charge in [0.25, 0.3) is 0 Å². The molecule has 4 aliphatic heterocycles. The van der Waals surface area contributed by atoms with E-state index in [2.05, 4.69) is 25.7 Å². The molecule has 2 aromatic carbocycles. The zero-order valence-electron chi connectivity index (χ0n) is 24.4. The molecule has 2 aromatic heterocycles. The first kappa shape index (κ1) is 28.5. The summed E-state index contributed by atoms with van der Waals surface area (Å²) in [5.41, 5.74) is -0.00932. The quantitative estimate of drug-likeness (QED) is 0.302. The van der Waals surface area contributed by atoms with Crippen molar-refractivity contribution in [3.05, 3.63) is 40.7 Å². The van der Waals surface area contributed by atoms with Crippen molar-refractivity contribution in [1.29, 1.82) is 0 Å². The number of terminal acetylenes is 1. The van der Waals surface area contributed by atoms with Crippen LogP contribution in [0.2, 0.25) is 5.02 Å². The zero-order chi connectivity index (χ0) is 30.9. The van der Waals surface area contributed by atoms with Gasteiger partial charge in [-0.2, -0.15) is 9.97 Å². The Kier molecular flexibility index (Phi) is 6.85. The molecule has 0 spiro atoms. The molecule has 12 heteroatoms. The molecule has 3 atom stereocenters. The third-order valence-corrected chi connectivity index (χ3v) is 9.83. The SMILES string of the molecule is C#Cc1c(Cl)ccc2cc(O)cc(-c3nc4c5c(nc(OC[C@@]67CCCN6C[C@H](F)C7)nc5c3F)N3CCCOC[C@H]3CO4)c12. The minimum atomic E-state index is -0.918. The highest BCUT2D eigenvalue weighted by Gasteiger charge is 2.49. The number of ether oxygens (including phenoxy) is 3. The van der Waals surface area contributed by atoms with Crippen LogP contribution in [0.3, 0.4) is 0 Å². The number of benzene rings is 2. The minimum Gasteiger partial charge on any atom is -0.508 e. The lowest BCUT2D eigenvalue weighted by Gasteiger charge is -2.31. The van der Waals surface area contributed by atoms with Crippen LogP contribution in [-0.2, 0) is 4.74 Å². The number of phenols is 1. The van der Waals surface area contributed by atoms with E-state index in [1.54, 1.807) is 12.1 Å². The summed E-state index contributed by atoms with van der Waals surface area (Å²) in [5, 5.41) is 12.3. The lowest BCUT2D eigenvalue weighted by molar-refractivity contribution is 0.107. The van der Waals surface area contributed by atoms with Crippen molar-refractivity contribution in [2.45, 2.75) is 43.4 Å². The Balaban J connectivity index is 1.33. The molecule has 0 unspecified atom stereocenters. The third kappa shape index (κ3) is 4.61. The predicted molar refractivity (Wildman–Crippen MR) is 165 cm³/mol. The van der Waals surface area contributed by atoms with E-state index in [0.29, 0.717) is 65.3 Å². The average molecular weight is 634 g/mol. The van der Waals surface area contributed by atoms with E-state index in [1.165, 1.54) is 12.1 Å². The summed E-state index contributed by atoms with van der Waals surface area (Å²) in [6, 6.07) is 6.05. The lowest BCUT2D eigenvalue weighted by atomic mass is 9.95. The van der Waals surface area contributed by atoms with Gasteiger partial charge < -0.3 is 24.2 Å². The molecule has 45 heavy (non-hydrogen) atoms. The molecule has 3 fully saturated rings. The Labute approximate surface area is 263 Å². The number of nitrogens with zero attached hydrogens (tertiary/aromatic N) is 5. The number of alkyl halides is 1. The van der Waals surface area contributed by atoms with Crippen LogP contribution in [0.5, 0.6) is 17.6 Å². The van der Waals surface area contributed by atoms with Gasteiger partial charge in [0.2, 0.25) is 5.88 Å². The average Bonchev–Trinajstić information content (AvgIpc) is 3.38. The summed E-state index contributed by atoms with van der Waals surface area (Å²) in [4.78, 5) is 18.3. The number of hydrogen-bond donors (Lipinski definition) is 1. The number of rotatable bonds is 4. The first-order chi connectivity index (χ1) is 21.8. The summed E-state index contributed by atoms with van der Waals surface area (Å²) in [6.07, 6.45) is 7.82. The fourth-order valence-corrected chi connectivity index (χ4v) is 7.69. The summed E-state index contributed by atoms with van der Waals surface area (Å²) in [7, 11) is 0. The van der Waals surface area contributed by atoms with Crippen molar-refractivity contribution in [3.8, 4) is 41.2 Å². The molecule has 4 aliphatic rings. The van der Waals surface area contributed by atoms with Crippen LogP contribution >= 0.6 is 11.6 Å². The fraction of sp³-hybridized carbons (Fsp3) is 0.424. The number of pyridine rings is 1. The van der Waals surface area contributed by atoms with E-state index >= 15 is 4.39 Å². The Morgan fingerprint density at radius 3 is 2.91 bits per heavy atom. The number of aromatic nitrogens is 3. The van der Waals surface area contributed by atoms with Crippen LogP contribution in [0, 0.1) is 18.2 Å². The van der Waals surface area contributed by atoms with E-state index in [0.717, 1.165) is 25.8 Å². The van der Waals surface area contributed by atoms with E-state index in [4.69, 9.17) is 37.2 Å². The molecule has 4 aromatic rings. The normalized spacial score (nSPS) is 24.5. The second-order valence-corrected chi connectivity index (χ2v) is 12.6. The van der Waals surface area contributed by atoms with Gasteiger partial charge in [0.1, 0.15) is 47.5 Å². The van der Waals surface area contributed by atoms with E-state index in [1.807, 2.05) is 0 Å². The Bertz CT molecular complexity index is 1900. The second-order valence-electron chi connectivity index (χ2n) is 12.2. The minimum absolute atomic E-state index is 0.0121. The molecule has 1 N–H and O–H groups in total. The summed E-state index contributed by atoms with van der Waals surface area (Å²) in [5.74, 6) is 2.34. The molecule has 8 rings (SSSR count). The van der Waals surface area contributed by atoms with Crippen molar-refractivity contribution in [3.63, 3.8) is 0 Å². The Morgan fingerprint density at radius 1 is 1.16 bits per heavy atom. The van der Waals surface area contributed by atoms with Crippen molar-refractivity contribution in [1.82, 2.24) is 19.9 Å². The molecule has 0 radical (unpaired) electrons. The highest BCUT2D eigenvalue weighted by Crippen LogP contribution is 2.45. The topological polar surface area (TPSA) is 93.1 Å². The number of phenolic OH excluding ortho intramolecular Hbond substituents is 1. The largest absolute Gasteiger partial charge is 0.508 e. The Morgan fingerprint density at radius 2 is 2.04 bits per heavy atom. The molecule has 0 saturated carbocycles. The summed E-state index contributed by atoms with van der Waals surface area (Å²) >= 11 is 6.46. The van der Waals surface area contributed by atoms with Gasteiger partial charge in [-0.25, -0.2) is 13.8 Å². The van der Waals surface area contributed by atoms with Crippen molar-refractivity contribution >= 4 is 39.1 Å². The van der Waals surface area contributed by atoms with E-state index in [9.17, 15) is 9.50 Å². The molecular weight excluding hydrogens is 604 g/mol. The molecule has 6 heterocycles. The first-order valence-corrected chi connectivity index (χ1v) is 15.6. The summed E-state index contributed by atoms with van der Waals surface area (Å²) < 4.78 is 49.8. The number of anilines is 1. The molecule has 9 nitrogen and oxygen atoms in total. The van der Waals surface area contributed by atoms with Crippen LogP contribution in [0.1, 0.15) is 31.2 Å². The maximum atomic E-state index is 17.0. The molecular formula is C33H30ClF2N5O4. The van der Waals surface area contributed by atoms with Crippen LogP contribution in [0.15, 0.2) is 24.3 Å². The number of hydrogen-bond acceptors (Lipinski definition) is 9. The maximum Gasteiger partial charge on any atom is 0.319 e. The Hall–Kier alpha value is -3.98. The van der Waals surface area contributed by atoms with Crippen molar-refractivity contribution in [2.24, 2.45) is 0 Å². The fourth-order valence-electron chi connectivity index (χ4n) is 7.48. The van der Waals surface area contributed by atoms with Crippen molar-refractivity contribution in [2.75, 3.05) is 51.0 Å². The van der Waals surface area contributed by atoms with Gasteiger partial charge in [-0.3, -0.25) is 4.90 Å². The van der Waals surface area contributed by atoms with Crippen LogP contribution in [0.25, 0.3) is 32.9 Å². The van der Waals surface area contributed by atoms with Gasteiger partial charge in [0, 0.05) is 37.1 Å². The standard InChI is InChI=1S/C33H30ClF2N5O4/c1-2-22-24(34)6-5-18-11-21(42)12-23(25(18)22)28-27(36)29-26-30(41-9-4-10-43-15-20(41)16-44-31(26)37-28)39-32(38-29)45-17-33-7-3-8-40(33)14-19(35)13-33/h1,5-6,11-12,19-20,42H,3-4,7-10,13-17H2/t19-,20+,33+/m1/s1. The molecule has 0 amide bonds. The first-order valence-electron chi connectivity index (χ1n) is 15.2. The van der Waals surface area contributed by atoms with Gasteiger partial charge in [0.05, 0.1) is 28.8 Å². The van der Waals surface area contributed by atoms with E-state index < -0.39 is 17.5 Å². The highest BCUT2D eigenvalue weighted by atomic mass is 35.5. The maximum absolute atomic E-state index is 17.0. The van der Waals surface area contributed by atoms with Crippen LogP contribution < -0.4 is 14.4 Å². The molecule has 0 bridgehead atoms. The van der Waals surface area contributed by atoms with Gasteiger partial charge in [-0.15, -0.1) is 6.42 Å². The van der Waals surface area contributed by atoms with E-state index in [-0.39, 0.29) is 53.7 Å². The van der Waals surface area contributed by atoms with Crippen molar-refractivity contribution < 1.29 is 28.1 Å². The monoisotopic (exact) mass is 633 g/mol. The number of fused-ring (bicyclic) bond motifs is 4. The predicted octanol–water partition coefficient (Wildman–Crippen LogP) is 5.27. The molecule has 3 saturated heterocycles.